The summed E-state index contributed by atoms with van der Waals surface area (Å²) in [6.07, 6.45) is 15.4. The van der Waals surface area contributed by atoms with Crippen LogP contribution in [0.1, 0.15) is 90.3 Å². The van der Waals surface area contributed by atoms with E-state index in [0.29, 0.717) is 0 Å². The van der Waals surface area contributed by atoms with Crippen molar-refractivity contribution in [1.82, 2.24) is 20.2 Å². The molecular weight excluding hydrogens is 384 g/mol. The van der Waals surface area contributed by atoms with Crippen LogP contribution in [0.5, 0.6) is 0 Å². The van der Waals surface area contributed by atoms with Crippen molar-refractivity contribution in [2.75, 3.05) is 0 Å². The molecule has 31 heavy (non-hydrogen) atoms. The smallest absolute Gasteiger partial charge is 0.109 e. The molecule has 3 aromatic heterocycles. The van der Waals surface area contributed by atoms with Crippen LogP contribution >= 0.6 is 0 Å². The first-order chi connectivity index (χ1) is 14.7. The van der Waals surface area contributed by atoms with Gasteiger partial charge in [-0.05, 0) is 49.9 Å². The van der Waals surface area contributed by atoms with Crippen LogP contribution in [0.15, 0.2) is 59.7 Å². The van der Waals surface area contributed by atoms with E-state index in [1.54, 1.807) is 24.9 Å². The third kappa shape index (κ3) is 5.99. The van der Waals surface area contributed by atoms with Gasteiger partial charge in [-0.25, -0.2) is 0 Å². The maximum Gasteiger partial charge on any atom is 0.109 e. The van der Waals surface area contributed by atoms with E-state index in [-0.39, 0.29) is 16.2 Å². The largest absolute Gasteiger partial charge is 0.469 e. The van der Waals surface area contributed by atoms with E-state index in [4.69, 9.17) is 4.42 Å². The fraction of sp³-hybridized carbons (Fsp3) is 0.538. The number of hydrogen-bond donors (Lipinski definition) is 0. The topological polar surface area (TPSA) is 64.7 Å². The van der Waals surface area contributed by atoms with Crippen molar-refractivity contribution in [2.45, 2.75) is 89.4 Å². The maximum absolute atomic E-state index is 5.71. The van der Waals surface area contributed by atoms with Crippen LogP contribution < -0.4 is 0 Å². The first kappa shape index (κ1) is 23.1. The third-order valence-corrected chi connectivity index (χ3v) is 6.72. The lowest BCUT2D eigenvalue weighted by Gasteiger charge is -2.33. The Balaban J connectivity index is 1.64. The van der Waals surface area contributed by atoms with Gasteiger partial charge in [0.15, 0.2) is 0 Å². The van der Waals surface area contributed by atoms with E-state index < -0.39 is 0 Å². The molecule has 1 unspecified atom stereocenters. The van der Waals surface area contributed by atoms with Crippen molar-refractivity contribution in [3.8, 4) is 0 Å². The Kier molecular flexibility index (Phi) is 7.24. The number of rotatable bonds is 11. The predicted octanol–water partition coefficient (Wildman–Crippen LogP) is 6.41. The maximum atomic E-state index is 5.71. The minimum atomic E-state index is -0.0190. The van der Waals surface area contributed by atoms with Gasteiger partial charge in [-0.3, -0.25) is 9.97 Å². The van der Waals surface area contributed by atoms with Gasteiger partial charge in [-0.1, -0.05) is 47.5 Å². The lowest BCUT2D eigenvalue weighted by Crippen LogP contribution is -2.28. The molecule has 0 aromatic carbocycles. The Morgan fingerprint density at radius 1 is 0.774 bits per heavy atom. The summed E-state index contributed by atoms with van der Waals surface area (Å²) in [4.78, 5) is 8.76. The molecule has 0 saturated carbocycles. The van der Waals surface area contributed by atoms with Crippen molar-refractivity contribution >= 4 is 0 Å². The quantitative estimate of drug-likeness (QED) is 0.335. The summed E-state index contributed by atoms with van der Waals surface area (Å²) in [7, 11) is 0. The fourth-order valence-electron chi connectivity index (χ4n) is 4.24. The first-order valence-corrected chi connectivity index (χ1v) is 11.3. The first-order valence-electron chi connectivity index (χ1n) is 11.3. The number of unbranched alkanes of at least 4 members (excludes halogenated alkanes) is 1. The average Bonchev–Trinajstić information content (AvgIpc) is 3.33. The molecule has 0 bridgehead atoms. The highest BCUT2D eigenvalue weighted by Crippen LogP contribution is 2.39. The molecule has 3 aromatic rings. The molecule has 0 aliphatic carbocycles. The SMILES string of the molecule is CC(C)(CCCCC(C)(CCC(C)(C)c1ccco1)c1cccnn1)c1cnccn1. The molecule has 0 amide bonds. The molecule has 0 fully saturated rings. The van der Waals surface area contributed by atoms with Crippen LogP contribution in [-0.2, 0) is 16.2 Å². The monoisotopic (exact) mass is 420 g/mol. The molecule has 1 atom stereocenters. The van der Waals surface area contributed by atoms with Gasteiger partial charge in [0.05, 0.1) is 17.7 Å². The van der Waals surface area contributed by atoms with Crippen molar-refractivity contribution < 1.29 is 4.42 Å². The standard InChI is InChI=1S/C26H36N4O/c1-24(2,22-20-27-17-18-28-22)12-6-7-13-26(5,21-10-8-16-29-30-21)15-14-25(3,4)23-11-9-19-31-23/h8-11,16-20H,6-7,12-15H2,1-5H3. The number of furan rings is 1. The predicted molar refractivity (Wildman–Crippen MR) is 124 cm³/mol. The molecule has 0 aliphatic heterocycles. The molecule has 5 nitrogen and oxygen atoms in total. The number of aromatic nitrogens is 4. The molecular formula is C26H36N4O. The highest BCUT2D eigenvalue weighted by Gasteiger charge is 2.33. The minimum Gasteiger partial charge on any atom is -0.469 e. The second kappa shape index (κ2) is 9.71. The van der Waals surface area contributed by atoms with Crippen molar-refractivity contribution in [1.29, 1.82) is 0 Å². The van der Waals surface area contributed by atoms with Gasteiger partial charge in [0.2, 0.25) is 0 Å². The Morgan fingerprint density at radius 3 is 2.23 bits per heavy atom. The number of hydrogen-bond acceptors (Lipinski definition) is 5. The van der Waals surface area contributed by atoms with Crippen molar-refractivity contribution in [3.63, 3.8) is 0 Å². The Morgan fingerprint density at radius 2 is 1.58 bits per heavy atom. The zero-order chi connectivity index (χ0) is 22.4. The van der Waals surface area contributed by atoms with E-state index >= 15 is 0 Å². The summed E-state index contributed by atoms with van der Waals surface area (Å²) in [5.74, 6) is 1.04. The lowest BCUT2D eigenvalue weighted by atomic mass is 9.72. The average molecular weight is 421 g/mol. The van der Waals surface area contributed by atoms with Crippen LogP contribution in [0.4, 0.5) is 0 Å². The van der Waals surface area contributed by atoms with Gasteiger partial charge in [-0.15, -0.1) is 0 Å². The van der Waals surface area contributed by atoms with Crippen molar-refractivity contribution in [3.05, 3.63) is 72.5 Å². The normalized spacial score (nSPS) is 14.4. The zero-order valence-electron chi connectivity index (χ0n) is 19.6. The van der Waals surface area contributed by atoms with Crippen LogP contribution in [-0.4, -0.2) is 20.2 Å². The second-order valence-corrected chi connectivity index (χ2v) is 10.2. The summed E-state index contributed by atoms with van der Waals surface area (Å²) in [6.45, 7) is 11.4. The van der Waals surface area contributed by atoms with Crippen LogP contribution in [0.25, 0.3) is 0 Å². The van der Waals surface area contributed by atoms with Gasteiger partial charge >= 0.3 is 0 Å². The van der Waals surface area contributed by atoms with Gasteiger partial charge in [0, 0.05) is 41.0 Å². The minimum absolute atomic E-state index is 0.0130. The highest BCUT2D eigenvalue weighted by molar-refractivity contribution is 5.16. The summed E-state index contributed by atoms with van der Waals surface area (Å²) in [5.41, 5.74) is 2.14. The van der Waals surface area contributed by atoms with E-state index in [0.717, 1.165) is 55.7 Å². The molecule has 3 heterocycles. The molecule has 3 rings (SSSR count). The summed E-state index contributed by atoms with van der Waals surface area (Å²) >= 11 is 0. The summed E-state index contributed by atoms with van der Waals surface area (Å²) in [5, 5.41) is 8.67. The molecule has 5 heteroatoms. The Hall–Kier alpha value is -2.56. The molecule has 0 saturated heterocycles. The molecule has 0 N–H and O–H groups in total. The van der Waals surface area contributed by atoms with Gasteiger partial charge < -0.3 is 4.42 Å². The van der Waals surface area contributed by atoms with Crippen LogP contribution in [0, 0.1) is 0 Å². The second-order valence-electron chi connectivity index (χ2n) is 10.2. The van der Waals surface area contributed by atoms with E-state index in [1.165, 1.54) is 0 Å². The lowest BCUT2D eigenvalue weighted by molar-refractivity contribution is 0.287. The van der Waals surface area contributed by atoms with Gasteiger partial charge in [0.25, 0.3) is 0 Å². The summed E-state index contributed by atoms with van der Waals surface area (Å²) < 4.78 is 5.71. The molecule has 166 valence electrons. The zero-order valence-corrected chi connectivity index (χ0v) is 19.6. The van der Waals surface area contributed by atoms with Crippen LogP contribution in [0.3, 0.4) is 0 Å². The fourth-order valence-corrected chi connectivity index (χ4v) is 4.24. The Labute approximate surface area is 186 Å². The van der Waals surface area contributed by atoms with E-state index in [9.17, 15) is 0 Å². The van der Waals surface area contributed by atoms with Crippen molar-refractivity contribution in [2.24, 2.45) is 0 Å². The molecule has 0 radical (unpaired) electrons. The van der Waals surface area contributed by atoms with E-state index in [2.05, 4.69) is 66.9 Å². The van der Waals surface area contributed by atoms with Gasteiger partial charge in [-0.2, -0.15) is 10.2 Å². The molecule has 0 aliphatic rings. The Bertz CT molecular complexity index is 907. The summed E-state index contributed by atoms with van der Waals surface area (Å²) in [6, 6.07) is 8.16. The van der Waals surface area contributed by atoms with Crippen LogP contribution in [0.2, 0.25) is 0 Å². The third-order valence-electron chi connectivity index (χ3n) is 6.72. The number of nitrogens with zero attached hydrogens (tertiary/aromatic N) is 4. The molecule has 0 spiro atoms. The highest BCUT2D eigenvalue weighted by atomic mass is 16.3. The van der Waals surface area contributed by atoms with E-state index in [1.807, 2.05) is 18.3 Å². The van der Waals surface area contributed by atoms with Gasteiger partial charge in [0.1, 0.15) is 5.76 Å².